The maximum atomic E-state index is 5.77. The molecule has 2 aliphatic rings. The number of nitrogens with zero attached hydrogens (tertiary/aromatic N) is 2. The number of hydrogen-bond acceptors (Lipinski definition) is 2. The third-order valence-corrected chi connectivity index (χ3v) is 13.7. The smallest absolute Gasteiger partial charge is 0.0743 e. The Labute approximate surface area is 439 Å². The summed E-state index contributed by atoms with van der Waals surface area (Å²) in [6, 6.07) is 94.9. The largest absolute Gasteiger partial charge is 0.354 e. The number of benzene rings is 8. The van der Waals surface area contributed by atoms with Crippen molar-refractivity contribution in [2.24, 2.45) is 0 Å². The van der Waals surface area contributed by atoms with Crippen LogP contribution in [-0.4, -0.2) is 19.9 Å². The van der Waals surface area contributed by atoms with Gasteiger partial charge in [0.05, 0.1) is 22.8 Å². The SMILES string of the molecule is [Pt].c1ccc(C2=C(c3ccccc3)c3cc4[nH]c(cc5nc(cc6[nH]c(cc2n3)c(-c2ccccc2)c6-c2ccccc2)C(c2ccccc2)=C5c2ccccc2)c(-c2ccccc2)c4-c2ccccc2)cc1. The first-order valence-corrected chi connectivity index (χ1v) is 24.5. The van der Waals surface area contributed by atoms with Crippen LogP contribution in [0.1, 0.15) is 45.0 Å². The molecule has 0 amide bonds. The van der Waals surface area contributed by atoms with Crippen LogP contribution in [0.3, 0.4) is 0 Å². The summed E-state index contributed by atoms with van der Waals surface area (Å²) in [4.78, 5) is 19.6. The van der Waals surface area contributed by atoms with Crippen LogP contribution in [0.15, 0.2) is 267 Å². The zero-order valence-electron chi connectivity index (χ0n) is 39.6. The normalized spacial score (nSPS) is 12.2. The maximum absolute atomic E-state index is 5.77. The Morgan fingerprint density at radius 1 is 0.205 bits per heavy atom. The Kier molecular flexibility index (Phi) is 12.2. The van der Waals surface area contributed by atoms with E-state index in [-0.39, 0.29) is 21.1 Å². The number of H-pyrrole nitrogens is 2. The van der Waals surface area contributed by atoms with E-state index < -0.39 is 0 Å². The molecule has 0 atom stereocenters. The molecule has 4 nitrogen and oxygen atoms in total. The van der Waals surface area contributed by atoms with Gasteiger partial charge in [-0.2, -0.15) is 0 Å². The fourth-order valence-corrected chi connectivity index (χ4v) is 10.7. The van der Waals surface area contributed by atoms with Crippen LogP contribution in [0.4, 0.5) is 0 Å². The van der Waals surface area contributed by atoms with Crippen molar-refractivity contribution in [3.63, 3.8) is 0 Å². The summed E-state index contributed by atoms with van der Waals surface area (Å²) in [7, 11) is 0. The Morgan fingerprint density at radius 3 is 0.548 bits per heavy atom. The van der Waals surface area contributed by atoms with Gasteiger partial charge in [-0.05, 0) is 68.8 Å². The van der Waals surface area contributed by atoms with E-state index in [4.69, 9.17) is 9.97 Å². The molecule has 8 bridgehead atoms. The van der Waals surface area contributed by atoms with Crippen molar-refractivity contribution in [2.75, 3.05) is 0 Å². The van der Waals surface area contributed by atoms with E-state index >= 15 is 0 Å². The number of fused-ring (bicyclic) bond motifs is 8. The number of aromatic amines is 2. The quantitative estimate of drug-likeness (QED) is 0.159. The Morgan fingerprint density at radius 2 is 0.370 bits per heavy atom. The number of rotatable bonds is 8. The minimum atomic E-state index is 0. The summed E-state index contributed by atoms with van der Waals surface area (Å²) in [6.45, 7) is 0. The number of hydrogen-bond donors (Lipinski definition) is 2. The van der Waals surface area contributed by atoms with Gasteiger partial charge in [0, 0.05) is 87.7 Å². The minimum Gasteiger partial charge on any atom is -0.354 e. The summed E-state index contributed by atoms with van der Waals surface area (Å²) in [5.41, 5.74) is 24.5. The maximum Gasteiger partial charge on any atom is 0.0743 e. The van der Waals surface area contributed by atoms with E-state index in [1.165, 1.54) is 0 Å². The summed E-state index contributed by atoms with van der Waals surface area (Å²) in [5.74, 6) is 0. The van der Waals surface area contributed by atoms with Gasteiger partial charge in [-0.15, -0.1) is 0 Å². The molecule has 5 heteroatoms. The molecule has 8 aromatic carbocycles. The molecular weight excluding hydrogens is 1070 g/mol. The number of nitrogens with one attached hydrogen (secondary N) is 2. The van der Waals surface area contributed by atoms with E-state index in [0.717, 1.165) is 134 Å². The first-order chi connectivity index (χ1) is 35.7. The Bertz CT molecular complexity index is 3500. The molecule has 348 valence electrons. The van der Waals surface area contributed by atoms with Gasteiger partial charge in [-0.25, -0.2) is 9.97 Å². The first-order valence-electron chi connectivity index (χ1n) is 24.5. The molecule has 0 spiro atoms. The minimum absolute atomic E-state index is 0. The van der Waals surface area contributed by atoms with Gasteiger partial charge in [0.1, 0.15) is 0 Å². The van der Waals surface area contributed by atoms with Crippen molar-refractivity contribution in [1.29, 1.82) is 0 Å². The second-order valence-electron chi connectivity index (χ2n) is 18.2. The molecule has 13 rings (SSSR count). The standard InChI is InChI=1S/C68H46N4.Pt/c1-9-25-45(26-10-1)61-53-41-55-63(47-29-13-3-14-30-47)65(49-33-17-5-18-34-49)57(70-55)43-59-67(51-37-21-7-22-38-51)68(52-39-23-8-24-40-52)60(72-59)44-58-66(50-35-19-6-20-36-50)64(48-31-15-4-16-32-48)56(71-58)42-54(69-53)62(61)46-27-11-2-12-28-46;/h1-44,69,72H;. The van der Waals surface area contributed by atoms with Crippen LogP contribution in [0.2, 0.25) is 0 Å². The van der Waals surface area contributed by atoms with E-state index in [1.54, 1.807) is 0 Å². The van der Waals surface area contributed by atoms with Gasteiger partial charge in [0.25, 0.3) is 0 Å². The van der Waals surface area contributed by atoms with Crippen molar-refractivity contribution in [3.05, 3.63) is 312 Å². The molecule has 2 N–H and O–H groups in total. The molecule has 0 radical (unpaired) electrons. The van der Waals surface area contributed by atoms with Crippen LogP contribution in [0, 0.1) is 0 Å². The topological polar surface area (TPSA) is 57.4 Å². The second-order valence-corrected chi connectivity index (χ2v) is 18.2. The average Bonchev–Trinajstić information content (AvgIpc) is 4.20. The average molecular weight is 1110 g/mol. The van der Waals surface area contributed by atoms with Crippen LogP contribution >= 0.6 is 0 Å². The van der Waals surface area contributed by atoms with Crippen LogP contribution in [-0.2, 0) is 21.1 Å². The van der Waals surface area contributed by atoms with Crippen LogP contribution in [0.5, 0.6) is 0 Å². The predicted octanol–water partition coefficient (Wildman–Crippen LogP) is 17.0. The molecule has 0 saturated carbocycles. The van der Waals surface area contributed by atoms with Crippen molar-refractivity contribution >= 4 is 44.4 Å². The van der Waals surface area contributed by atoms with E-state index in [1.807, 2.05) is 0 Å². The third kappa shape index (κ3) is 8.42. The van der Waals surface area contributed by atoms with E-state index in [0.29, 0.717) is 0 Å². The molecule has 0 fully saturated rings. The molecule has 0 saturated heterocycles. The van der Waals surface area contributed by atoms with Gasteiger partial charge in [-0.3, -0.25) is 0 Å². The van der Waals surface area contributed by atoms with Crippen molar-refractivity contribution in [1.82, 2.24) is 19.9 Å². The predicted molar refractivity (Wildman–Crippen MR) is 299 cm³/mol. The van der Waals surface area contributed by atoms with Crippen LogP contribution in [0.25, 0.3) is 88.9 Å². The molecule has 0 aliphatic carbocycles. The third-order valence-electron chi connectivity index (χ3n) is 13.7. The zero-order valence-corrected chi connectivity index (χ0v) is 41.9. The van der Waals surface area contributed by atoms with Gasteiger partial charge in [0.15, 0.2) is 0 Å². The molecule has 73 heavy (non-hydrogen) atoms. The Hall–Kier alpha value is -8.95. The first kappa shape index (κ1) is 45.2. The monoisotopic (exact) mass is 1110 g/mol. The van der Waals surface area contributed by atoms with Crippen molar-refractivity contribution in [3.8, 4) is 44.5 Å². The van der Waals surface area contributed by atoms with Gasteiger partial charge in [0.2, 0.25) is 0 Å². The van der Waals surface area contributed by atoms with Crippen molar-refractivity contribution < 1.29 is 21.1 Å². The molecular formula is C68H46N4Pt. The summed E-state index contributed by atoms with van der Waals surface area (Å²) >= 11 is 0. The van der Waals surface area contributed by atoms with Gasteiger partial charge in [-0.1, -0.05) is 243 Å². The molecule has 11 aromatic rings. The summed E-state index contributed by atoms with van der Waals surface area (Å²) in [5, 5.41) is 0. The number of aromatic nitrogens is 4. The van der Waals surface area contributed by atoms with Gasteiger partial charge < -0.3 is 9.97 Å². The van der Waals surface area contributed by atoms with E-state index in [9.17, 15) is 0 Å². The fourth-order valence-electron chi connectivity index (χ4n) is 10.7. The molecule has 5 heterocycles. The van der Waals surface area contributed by atoms with Gasteiger partial charge >= 0.3 is 0 Å². The molecule has 2 aliphatic heterocycles. The fraction of sp³-hybridized carbons (Fsp3) is 0. The molecule has 0 unspecified atom stereocenters. The zero-order chi connectivity index (χ0) is 47.8. The van der Waals surface area contributed by atoms with E-state index in [2.05, 4.69) is 277 Å². The molecule has 3 aromatic heterocycles. The van der Waals surface area contributed by atoms with Crippen LogP contribution < -0.4 is 0 Å². The summed E-state index contributed by atoms with van der Waals surface area (Å²) in [6.07, 6.45) is 0. The van der Waals surface area contributed by atoms with Crippen molar-refractivity contribution in [2.45, 2.75) is 0 Å². The summed E-state index contributed by atoms with van der Waals surface area (Å²) < 4.78 is 0. The Balaban J connectivity index is 0.00000543. The second kappa shape index (κ2) is 19.7.